The smallest absolute Gasteiger partial charge is 0.243 e. The molecule has 0 rings (SSSR count). The number of hydrogen-bond acceptors (Lipinski definition) is 2. The van der Waals surface area contributed by atoms with Crippen LogP contribution in [-0.2, 0) is 9.59 Å². The maximum absolute atomic E-state index is 11.2. The third-order valence-corrected chi connectivity index (χ3v) is 2.05. The van der Waals surface area contributed by atoms with Gasteiger partial charge in [-0.25, -0.2) is 0 Å². The van der Waals surface area contributed by atoms with Gasteiger partial charge in [-0.1, -0.05) is 19.4 Å². The lowest BCUT2D eigenvalue weighted by Crippen LogP contribution is -2.28. The van der Waals surface area contributed by atoms with E-state index in [1.165, 1.54) is 6.08 Å². The molecule has 0 aliphatic carbocycles. The number of nitrogens with one attached hydrogen (secondary N) is 2. The molecule has 0 unspecified atom stereocenters. The van der Waals surface area contributed by atoms with Gasteiger partial charge < -0.3 is 10.6 Å². The first-order chi connectivity index (χ1) is 7.70. The summed E-state index contributed by atoms with van der Waals surface area (Å²) < 4.78 is 0. The Hall–Kier alpha value is -1.32. The highest BCUT2D eigenvalue weighted by Gasteiger charge is 1.99. The summed E-state index contributed by atoms with van der Waals surface area (Å²) in [5.74, 6) is 0.0152. The lowest BCUT2D eigenvalue weighted by atomic mass is 10.2. The fraction of sp³-hybridized carbons (Fsp3) is 0.667. The molecular formula is C12H22N2O2. The van der Waals surface area contributed by atoms with Crippen LogP contribution in [0, 0.1) is 0 Å². The first-order valence-corrected chi connectivity index (χ1v) is 5.88. The summed E-state index contributed by atoms with van der Waals surface area (Å²) in [7, 11) is 0. The van der Waals surface area contributed by atoms with Gasteiger partial charge >= 0.3 is 0 Å². The monoisotopic (exact) mass is 226 g/mol. The lowest BCUT2D eigenvalue weighted by Gasteiger charge is -2.05. The molecule has 16 heavy (non-hydrogen) atoms. The topological polar surface area (TPSA) is 58.2 Å². The second-order valence-electron chi connectivity index (χ2n) is 3.60. The molecule has 0 heterocycles. The predicted molar refractivity (Wildman–Crippen MR) is 65.0 cm³/mol. The Kier molecular flexibility index (Phi) is 9.36. The van der Waals surface area contributed by atoms with E-state index in [0.717, 1.165) is 19.3 Å². The van der Waals surface area contributed by atoms with Crippen molar-refractivity contribution in [2.45, 2.75) is 39.5 Å². The third kappa shape index (κ3) is 9.24. The molecule has 4 nitrogen and oxygen atoms in total. The number of allylic oxidation sites excluding steroid dienone is 1. The molecule has 0 aromatic rings. The Bertz CT molecular complexity index is 237. The summed E-state index contributed by atoms with van der Waals surface area (Å²) >= 11 is 0. The van der Waals surface area contributed by atoms with Crippen molar-refractivity contribution in [1.29, 1.82) is 0 Å². The summed E-state index contributed by atoms with van der Waals surface area (Å²) in [6, 6.07) is 0. The van der Waals surface area contributed by atoms with Crippen LogP contribution in [0.4, 0.5) is 0 Å². The van der Waals surface area contributed by atoms with Crippen LogP contribution in [0.3, 0.4) is 0 Å². The summed E-state index contributed by atoms with van der Waals surface area (Å²) in [4.78, 5) is 22.2. The molecule has 0 spiro atoms. The molecule has 2 N–H and O–H groups in total. The van der Waals surface area contributed by atoms with E-state index in [9.17, 15) is 9.59 Å². The molecule has 2 amide bonds. The summed E-state index contributed by atoms with van der Waals surface area (Å²) in [5, 5.41) is 5.54. The first-order valence-electron chi connectivity index (χ1n) is 5.88. The van der Waals surface area contributed by atoms with Gasteiger partial charge in [0, 0.05) is 19.5 Å². The average Bonchev–Trinajstić information content (AvgIpc) is 2.26. The van der Waals surface area contributed by atoms with Gasteiger partial charge in [0.05, 0.1) is 0 Å². The normalized spacial score (nSPS) is 10.4. The van der Waals surface area contributed by atoms with Gasteiger partial charge in [-0.2, -0.15) is 0 Å². The molecule has 0 bridgehead atoms. The Balaban J connectivity index is 3.33. The van der Waals surface area contributed by atoms with Crippen LogP contribution in [0.2, 0.25) is 0 Å². The number of carbonyl (C=O) groups excluding carboxylic acids is 2. The van der Waals surface area contributed by atoms with Gasteiger partial charge in [-0.15, -0.1) is 0 Å². The van der Waals surface area contributed by atoms with Crippen molar-refractivity contribution >= 4 is 11.8 Å². The highest BCUT2D eigenvalue weighted by Crippen LogP contribution is 1.92. The van der Waals surface area contributed by atoms with E-state index in [-0.39, 0.29) is 11.8 Å². The number of unbranched alkanes of at least 4 members (excludes halogenated alkanes) is 1. The van der Waals surface area contributed by atoms with E-state index in [4.69, 9.17) is 0 Å². The first kappa shape index (κ1) is 14.7. The largest absolute Gasteiger partial charge is 0.356 e. The van der Waals surface area contributed by atoms with E-state index in [0.29, 0.717) is 19.5 Å². The van der Waals surface area contributed by atoms with Crippen LogP contribution in [0.5, 0.6) is 0 Å². The zero-order valence-electron chi connectivity index (χ0n) is 10.2. The Morgan fingerprint density at radius 2 is 1.81 bits per heavy atom. The van der Waals surface area contributed by atoms with E-state index in [1.807, 2.05) is 0 Å². The lowest BCUT2D eigenvalue weighted by molar-refractivity contribution is -0.121. The molecular weight excluding hydrogens is 204 g/mol. The molecule has 0 radical (unpaired) electrons. The van der Waals surface area contributed by atoms with Crippen LogP contribution < -0.4 is 10.6 Å². The zero-order valence-corrected chi connectivity index (χ0v) is 10.2. The fourth-order valence-corrected chi connectivity index (χ4v) is 1.16. The molecule has 0 saturated heterocycles. The molecule has 0 aliphatic heterocycles. The maximum atomic E-state index is 11.2. The van der Waals surface area contributed by atoms with Gasteiger partial charge in [0.15, 0.2) is 0 Å². The van der Waals surface area contributed by atoms with Crippen LogP contribution in [0.15, 0.2) is 12.2 Å². The zero-order chi connectivity index (χ0) is 12.2. The van der Waals surface area contributed by atoms with E-state index >= 15 is 0 Å². The second kappa shape index (κ2) is 10.2. The summed E-state index contributed by atoms with van der Waals surface area (Å²) in [5.41, 5.74) is 0. The molecule has 0 aromatic heterocycles. The highest BCUT2D eigenvalue weighted by molar-refractivity contribution is 5.87. The van der Waals surface area contributed by atoms with Crippen LogP contribution in [-0.4, -0.2) is 24.9 Å². The Morgan fingerprint density at radius 3 is 2.44 bits per heavy atom. The van der Waals surface area contributed by atoms with Crippen molar-refractivity contribution in [1.82, 2.24) is 10.6 Å². The number of hydrogen-bond donors (Lipinski definition) is 2. The number of carbonyl (C=O) groups is 2. The summed E-state index contributed by atoms with van der Waals surface area (Å²) in [6.07, 6.45) is 6.51. The molecule has 0 atom stereocenters. The molecule has 0 fully saturated rings. The van der Waals surface area contributed by atoms with Gasteiger partial charge in [0.25, 0.3) is 0 Å². The van der Waals surface area contributed by atoms with Gasteiger partial charge in [0.2, 0.25) is 11.8 Å². The van der Waals surface area contributed by atoms with Crippen molar-refractivity contribution in [3.8, 4) is 0 Å². The minimum atomic E-state index is -0.0835. The van der Waals surface area contributed by atoms with Crippen LogP contribution in [0.1, 0.15) is 39.5 Å². The van der Waals surface area contributed by atoms with Crippen molar-refractivity contribution in [2.24, 2.45) is 0 Å². The van der Waals surface area contributed by atoms with Gasteiger partial charge in [-0.3, -0.25) is 9.59 Å². The van der Waals surface area contributed by atoms with Gasteiger partial charge in [0.1, 0.15) is 0 Å². The minimum absolute atomic E-state index is 0.0835. The minimum Gasteiger partial charge on any atom is -0.356 e. The Labute approximate surface area is 97.5 Å². The highest BCUT2D eigenvalue weighted by atomic mass is 16.2. The number of amides is 2. The Morgan fingerprint density at radius 1 is 1.12 bits per heavy atom. The summed E-state index contributed by atoms with van der Waals surface area (Å²) in [6.45, 7) is 5.08. The van der Waals surface area contributed by atoms with Crippen molar-refractivity contribution < 1.29 is 9.59 Å². The fourth-order valence-electron chi connectivity index (χ4n) is 1.16. The number of rotatable bonds is 8. The average molecular weight is 226 g/mol. The third-order valence-electron chi connectivity index (χ3n) is 2.05. The molecule has 0 aromatic carbocycles. The molecule has 4 heteroatoms. The van der Waals surface area contributed by atoms with E-state index < -0.39 is 0 Å². The predicted octanol–water partition coefficient (Wildman–Crippen LogP) is 1.38. The van der Waals surface area contributed by atoms with Crippen molar-refractivity contribution in [3.63, 3.8) is 0 Å². The van der Waals surface area contributed by atoms with Crippen LogP contribution in [0.25, 0.3) is 0 Å². The SMILES string of the molecule is C/C=C/C(=O)NCCCNC(=O)CCCC. The van der Waals surface area contributed by atoms with Gasteiger partial charge in [-0.05, 0) is 25.8 Å². The molecule has 0 saturated carbocycles. The van der Waals surface area contributed by atoms with E-state index in [1.54, 1.807) is 13.0 Å². The molecule has 92 valence electrons. The van der Waals surface area contributed by atoms with Crippen molar-refractivity contribution in [3.05, 3.63) is 12.2 Å². The second-order valence-corrected chi connectivity index (χ2v) is 3.60. The standard InChI is InChI=1S/C12H22N2O2/c1-3-5-8-12(16)14-10-6-9-13-11(15)7-4-2/h4,7H,3,5-6,8-10H2,1-2H3,(H,13,15)(H,14,16)/b7-4+. The van der Waals surface area contributed by atoms with Crippen molar-refractivity contribution in [2.75, 3.05) is 13.1 Å². The maximum Gasteiger partial charge on any atom is 0.243 e. The van der Waals surface area contributed by atoms with E-state index in [2.05, 4.69) is 17.6 Å². The quantitative estimate of drug-likeness (QED) is 0.485. The van der Waals surface area contributed by atoms with Crippen LogP contribution >= 0.6 is 0 Å². The molecule has 0 aliphatic rings.